The predicted molar refractivity (Wildman–Crippen MR) is 42.7 cm³/mol. The molecule has 78 valence electrons. The Labute approximate surface area is 82.2 Å². The van der Waals surface area contributed by atoms with Crippen molar-refractivity contribution >= 4 is 11.6 Å². The van der Waals surface area contributed by atoms with Crippen LogP contribution in [-0.4, -0.2) is 11.7 Å². The molecule has 0 radical (unpaired) electrons. The maximum Gasteiger partial charge on any atom is 0.387 e. The minimum atomic E-state index is -4.13. The molecule has 0 heterocycles. The van der Waals surface area contributed by atoms with Crippen LogP contribution in [0, 0.1) is 5.82 Å². The molecule has 1 nitrogen and oxygen atoms in total. The van der Waals surface area contributed by atoms with Gasteiger partial charge >= 0.3 is 11.7 Å². The molecule has 0 spiro atoms. The van der Waals surface area contributed by atoms with Crippen LogP contribution in [0.5, 0.6) is 5.75 Å². The van der Waals surface area contributed by atoms with Gasteiger partial charge in [-0.3, -0.25) is 0 Å². The number of alkyl halides is 4. The zero-order valence-electron chi connectivity index (χ0n) is 6.68. The summed E-state index contributed by atoms with van der Waals surface area (Å²) in [6.45, 7) is 0. The minimum Gasteiger partial charge on any atom is -0.453 e. The first-order valence-electron chi connectivity index (χ1n) is 3.52. The third-order valence-electron chi connectivity index (χ3n) is 1.29. The van der Waals surface area contributed by atoms with Crippen molar-refractivity contribution in [1.29, 1.82) is 0 Å². The largest absolute Gasteiger partial charge is 0.453 e. The van der Waals surface area contributed by atoms with Gasteiger partial charge in [0.1, 0.15) is 11.6 Å². The zero-order chi connectivity index (χ0) is 10.8. The standard InChI is InChI=1S/C8H5ClF4O/c9-8(12,13)7(11)14-6-3-1-2-5(10)4-6/h1-4,7H. The molecule has 0 fully saturated rings. The van der Waals surface area contributed by atoms with E-state index in [1.165, 1.54) is 6.07 Å². The Bertz CT molecular complexity index is 312. The van der Waals surface area contributed by atoms with Crippen molar-refractivity contribution in [1.82, 2.24) is 0 Å². The van der Waals surface area contributed by atoms with Gasteiger partial charge in [0.05, 0.1) is 0 Å². The van der Waals surface area contributed by atoms with Gasteiger partial charge in [-0.05, 0) is 23.7 Å². The maximum atomic E-state index is 12.5. The highest BCUT2D eigenvalue weighted by atomic mass is 35.5. The van der Waals surface area contributed by atoms with E-state index in [0.29, 0.717) is 0 Å². The molecule has 0 aliphatic heterocycles. The molecule has 0 saturated heterocycles. The van der Waals surface area contributed by atoms with Crippen LogP contribution in [-0.2, 0) is 0 Å². The summed E-state index contributed by atoms with van der Waals surface area (Å²) in [5.74, 6) is -1.06. The molecule has 0 bridgehead atoms. The molecule has 0 aliphatic carbocycles. The molecule has 0 saturated carbocycles. The van der Waals surface area contributed by atoms with Crippen molar-refractivity contribution in [3.63, 3.8) is 0 Å². The Morgan fingerprint density at radius 2 is 2.00 bits per heavy atom. The second-order valence-electron chi connectivity index (χ2n) is 2.43. The van der Waals surface area contributed by atoms with Gasteiger partial charge in [0.25, 0.3) is 0 Å². The Kier molecular flexibility index (Phi) is 3.21. The van der Waals surface area contributed by atoms with Crippen molar-refractivity contribution in [2.75, 3.05) is 0 Å². The summed E-state index contributed by atoms with van der Waals surface area (Å²) < 4.78 is 53.2. The van der Waals surface area contributed by atoms with E-state index in [1.807, 2.05) is 0 Å². The lowest BCUT2D eigenvalue weighted by Gasteiger charge is -2.15. The van der Waals surface area contributed by atoms with Crippen molar-refractivity contribution < 1.29 is 22.3 Å². The van der Waals surface area contributed by atoms with Crippen LogP contribution in [0.25, 0.3) is 0 Å². The van der Waals surface area contributed by atoms with Crippen molar-refractivity contribution in [3.8, 4) is 5.75 Å². The lowest BCUT2D eigenvalue weighted by molar-refractivity contribution is -0.0972. The van der Waals surface area contributed by atoms with E-state index in [1.54, 1.807) is 0 Å². The molecule has 1 aromatic rings. The summed E-state index contributed by atoms with van der Waals surface area (Å²) in [6.07, 6.45) is -3.01. The van der Waals surface area contributed by atoms with Crippen molar-refractivity contribution in [3.05, 3.63) is 30.1 Å². The number of halogens is 5. The Morgan fingerprint density at radius 3 is 2.50 bits per heavy atom. The average Bonchev–Trinajstić information content (AvgIpc) is 2.02. The Morgan fingerprint density at radius 1 is 1.36 bits per heavy atom. The van der Waals surface area contributed by atoms with Crippen molar-refractivity contribution in [2.24, 2.45) is 0 Å². The molecule has 0 aliphatic rings. The van der Waals surface area contributed by atoms with Gasteiger partial charge in [0.2, 0.25) is 0 Å². The van der Waals surface area contributed by atoms with E-state index in [-0.39, 0.29) is 5.75 Å². The lowest BCUT2D eigenvalue weighted by Crippen LogP contribution is -2.28. The summed E-state index contributed by atoms with van der Waals surface area (Å²) in [6, 6.07) is 4.18. The molecular formula is C8H5ClF4O. The second-order valence-corrected chi connectivity index (χ2v) is 2.94. The normalized spacial score (nSPS) is 13.8. The number of ether oxygens (including phenoxy) is 1. The predicted octanol–water partition coefficient (Wildman–Crippen LogP) is 3.33. The van der Waals surface area contributed by atoms with Crippen LogP contribution in [0.1, 0.15) is 0 Å². The van der Waals surface area contributed by atoms with Gasteiger partial charge in [-0.1, -0.05) is 6.07 Å². The summed E-state index contributed by atoms with van der Waals surface area (Å²) in [7, 11) is 0. The van der Waals surface area contributed by atoms with Crippen LogP contribution in [0.4, 0.5) is 17.6 Å². The highest BCUT2D eigenvalue weighted by molar-refractivity contribution is 6.22. The molecule has 0 N–H and O–H groups in total. The fourth-order valence-electron chi connectivity index (χ4n) is 0.727. The van der Waals surface area contributed by atoms with E-state index in [0.717, 1.165) is 18.2 Å². The van der Waals surface area contributed by atoms with E-state index < -0.39 is 17.6 Å². The van der Waals surface area contributed by atoms with E-state index >= 15 is 0 Å². The zero-order valence-corrected chi connectivity index (χ0v) is 7.44. The highest BCUT2D eigenvalue weighted by Gasteiger charge is 2.39. The molecule has 6 heteroatoms. The van der Waals surface area contributed by atoms with Gasteiger partial charge < -0.3 is 4.74 Å². The molecule has 0 amide bonds. The van der Waals surface area contributed by atoms with Crippen LogP contribution in [0.2, 0.25) is 0 Å². The first-order valence-corrected chi connectivity index (χ1v) is 3.90. The quantitative estimate of drug-likeness (QED) is 0.570. The molecule has 1 rings (SSSR count). The average molecular weight is 229 g/mol. The molecule has 1 unspecified atom stereocenters. The van der Waals surface area contributed by atoms with Crippen LogP contribution in [0.15, 0.2) is 24.3 Å². The third kappa shape index (κ3) is 3.06. The first-order chi connectivity index (χ1) is 6.39. The van der Waals surface area contributed by atoms with Gasteiger partial charge in [-0.2, -0.15) is 13.2 Å². The minimum absolute atomic E-state index is 0.349. The van der Waals surface area contributed by atoms with Crippen LogP contribution < -0.4 is 4.74 Å². The van der Waals surface area contributed by atoms with Gasteiger partial charge in [-0.15, -0.1) is 0 Å². The SMILES string of the molecule is Fc1cccc(OC(F)C(F)(F)Cl)c1. The molecule has 1 aromatic carbocycles. The lowest BCUT2D eigenvalue weighted by atomic mass is 10.3. The monoisotopic (exact) mass is 228 g/mol. The summed E-state index contributed by atoms with van der Waals surface area (Å²) in [5, 5.41) is -4.13. The summed E-state index contributed by atoms with van der Waals surface area (Å²) >= 11 is 4.35. The Hall–Kier alpha value is -0.970. The number of rotatable bonds is 3. The fourth-order valence-corrected chi connectivity index (χ4v) is 0.771. The van der Waals surface area contributed by atoms with Gasteiger partial charge in [-0.25, -0.2) is 4.39 Å². The summed E-state index contributed by atoms with van der Waals surface area (Å²) in [4.78, 5) is 0. The topological polar surface area (TPSA) is 9.23 Å². The Balaban J connectivity index is 2.70. The summed E-state index contributed by atoms with van der Waals surface area (Å²) in [5.41, 5.74) is 0. The maximum absolute atomic E-state index is 12.5. The third-order valence-corrected chi connectivity index (χ3v) is 1.46. The fraction of sp³-hybridized carbons (Fsp3) is 0.250. The molecule has 1 atom stereocenters. The van der Waals surface area contributed by atoms with Crippen LogP contribution in [0.3, 0.4) is 0 Å². The highest BCUT2D eigenvalue weighted by Crippen LogP contribution is 2.28. The van der Waals surface area contributed by atoms with Crippen LogP contribution >= 0.6 is 11.6 Å². The number of hydrogen-bond acceptors (Lipinski definition) is 1. The number of benzene rings is 1. The molecule has 14 heavy (non-hydrogen) atoms. The van der Waals surface area contributed by atoms with E-state index in [4.69, 9.17) is 0 Å². The van der Waals surface area contributed by atoms with E-state index in [2.05, 4.69) is 16.3 Å². The van der Waals surface area contributed by atoms with Crippen molar-refractivity contribution in [2.45, 2.75) is 11.7 Å². The van der Waals surface area contributed by atoms with Gasteiger partial charge in [0, 0.05) is 6.07 Å². The molecule has 0 aromatic heterocycles. The van der Waals surface area contributed by atoms with Gasteiger partial charge in [0.15, 0.2) is 0 Å². The smallest absolute Gasteiger partial charge is 0.387 e. The molecular weight excluding hydrogens is 224 g/mol. The number of hydrogen-bond donors (Lipinski definition) is 0. The first kappa shape index (κ1) is 11.1. The second kappa shape index (κ2) is 4.04. The van der Waals surface area contributed by atoms with E-state index in [9.17, 15) is 17.6 Å².